The van der Waals surface area contributed by atoms with Gasteiger partial charge in [0.25, 0.3) is 6.43 Å². The minimum atomic E-state index is -2.48. The lowest BCUT2D eigenvalue weighted by molar-refractivity contribution is 0.156. The zero-order chi connectivity index (χ0) is 14.4. The van der Waals surface area contributed by atoms with Gasteiger partial charge in [-0.05, 0) is 30.2 Å². The number of alkyl halides is 2. The molecule has 0 fully saturated rings. The summed E-state index contributed by atoms with van der Waals surface area (Å²) in [5.74, 6) is 0.0632. The third-order valence-corrected chi connectivity index (χ3v) is 2.72. The number of hydrogen-bond donors (Lipinski definition) is 1. The zero-order valence-corrected chi connectivity index (χ0v) is 11.6. The number of hydrogen-bond acceptors (Lipinski definition) is 2. The Kier molecular flexibility index (Phi) is 6.15. The van der Waals surface area contributed by atoms with Gasteiger partial charge < -0.3 is 10.2 Å². The van der Waals surface area contributed by atoms with E-state index in [0.29, 0.717) is 12.5 Å². The van der Waals surface area contributed by atoms with Crippen LogP contribution < -0.4 is 10.2 Å². The van der Waals surface area contributed by atoms with Crippen LogP contribution in [0.25, 0.3) is 0 Å². The van der Waals surface area contributed by atoms with Crippen LogP contribution >= 0.6 is 0 Å². The fraction of sp³-hybridized carbons (Fsp3) is 0.571. The fourth-order valence-electron chi connectivity index (χ4n) is 1.78. The summed E-state index contributed by atoms with van der Waals surface area (Å²) in [5.41, 5.74) is 1.01. The van der Waals surface area contributed by atoms with Crippen molar-refractivity contribution in [2.75, 3.05) is 25.0 Å². The third kappa shape index (κ3) is 5.51. The van der Waals surface area contributed by atoms with Gasteiger partial charge >= 0.3 is 0 Å². The van der Waals surface area contributed by atoms with E-state index in [1.54, 1.807) is 12.1 Å². The van der Waals surface area contributed by atoms with Crippen molar-refractivity contribution >= 4 is 5.69 Å². The van der Waals surface area contributed by atoms with Gasteiger partial charge in [0.1, 0.15) is 5.82 Å². The standard InChI is InChI=1S/C14H21F3N2/c1-10(2)7-18-8-11-4-5-13(12(15)6-11)19(3)9-14(16)17/h4-6,10,14,18H,7-9H2,1-3H3. The van der Waals surface area contributed by atoms with E-state index in [0.717, 1.165) is 12.1 Å². The molecule has 0 saturated heterocycles. The molecule has 0 spiro atoms. The Bertz CT molecular complexity index is 394. The van der Waals surface area contributed by atoms with E-state index in [4.69, 9.17) is 0 Å². The molecular formula is C14H21F3N2. The van der Waals surface area contributed by atoms with Gasteiger partial charge in [-0.2, -0.15) is 0 Å². The van der Waals surface area contributed by atoms with Crippen LogP contribution in [0.5, 0.6) is 0 Å². The predicted molar refractivity (Wildman–Crippen MR) is 72.2 cm³/mol. The molecule has 0 bridgehead atoms. The quantitative estimate of drug-likeness (QED) is 0.821. The topological polar surface area (TPSA) is 15.3 Å². The predicted octanol–water partition coefficient (Wildman–Crippen LogP) is 3.27. The molecule has 0 unspecified atom stereocenters. The van der Waals surface area contributed by atoms with Crippen molar-refractivity contribution < 1.29 is 13.2 Å². The molecule has 0 radical (unpaired) electrons. The van der Waals surface area contributed by atoms with Gasteiger partial charge in [0, 0.05) is 13.6 Å². The highest BCUT2D eigenvalue weighted by Crippen LogP contribution is 2.20. The molecule has 0 atom stereocenters. The van der Waals surface area contributed by atoms with Gasteiger partial charge in [-0.3, -0.25) is 0 Å². The normalized spacial score (nSPS) is 11.4. The number of rotatable bonds is 7. The molecule has 0 aliphatic carbocycles. The number of halogens is 3. The maximum absolute atomic E-state index is 13.8. The summed E-state index contributed by atoms with van der Waals surface area (Å²) < 4.78 is 38.3. The van der Waals surface area contributed by atoms with E-state index in [1.807, 2.05) is 0 Å². The molecule has 5 heteroatoms. The van der Waals surface area contributed by atoms with Gasteiger partial charge in [-0.1, -0.05) is 19.9 Å². The minimum Gasteiger partial charge on any atom is -0.367 e. The first-order chi connectivity index (χ1) is 8.90. The Morgan fingerprint density at radius 2 is 1.95 bits per heavy atom. The Hall–Kier alpha value is -1.23. The number of nitrogens with one attached hydrogen (secondary N) is 1. The van der Waals surface area contributed by atoms with Crippen molar-refractivity contribution in [1.29, 1.82) is 0 Å². The molecular weight excluding hydrogens is 253 g/mol. The summed E-state index contributed by atoms with van der Waals surface area (Å²) in [6, 6.07) is 4.70. The molecule has 1 aromatic rings. The number of nitrogens with zero attached hydrogens (tertiary/aromatic N) is 1. The second-order valence-electron chi connectivity index (χ2n) is 5.08. The molecule has 0 heterocycles. The summed E-state index contributed by atoms with van der Waals surface area (Å²) in [5, 5.41) is 3.21. The molecule has 0 amide bonds. The van der Waals surface area contributed by atoms with Gasteiger partial charge in [0.2, 0.25) is 0 Å². The Labute approximate surface area is 112 Å². The highest BCUT2D eigenvalue weighted by Gasteiger charge is 2.12. The number of anilines is 1. The van der Waals surface area contributed by atoms with E-state index in [9.17, 15) is 13.2 Å². The van der Waals surface area contributed by atoms with Crippen molar-refractivity contribution in [3.63, 3.8) is 0 Å². The summed E-state index contributed by atoms with van der Waals surface area (Å²) in [4.78, 5) is 1.23. The van der Waals surface area contributed by atoms with E-state index < -0.39 is 18.8 Å². The summed E-state index contributed by atoms with van der Waals surface area (Å²) in [6.07, 6.45) is -2.48. The Balaban J connectivity index is 2.63. The molecule has 1 rings (SSSR count). The molecule has 1 aromatic carbocycles. The van der Waals surface area contributed by atoms with Crippen LogP contribution in [0.4, 0.5) is 18.9 Å². The Morgan fingerprint density at radius 1 is 1.26 bits per heavy atom. The average Bonchev–Trinajstić information content (AvgIpc) is 2.27. The van der Waals surface area contributed by atoms with E-state index in [2.05, 4.69) is 19.2 Å². The zero-order valence-electron chi connectivity index (χ0n) is 11.6. The van der Waals surface area contributed by atoms with E-state index >= 15 is 0 Å². The molecule has 1 N–H and O–H groups in total. The third-order valence-electron chi connectivity index (χ3n) is 2.72. The van der Waals surface area contributed by atoms with Crippen LogP contribution in [0.2, 0.25) is 0 Å². The molecule has 0 aliphatic heterocycles. The first-order valence-corrected chi connectivity index (χ1v) is 6.38. The van der Waals surface area contributed by atoms with Crippen LogP contribution in [-0.2, 0) is 6.54 Å². The minimum absolute atomic E-state index is 0.202. The van der Waals surface area contributed by atoms with Crippen LogP contribution in [-0.4, -0.2) is 26.6 Å². The first-order valence-electron chi connectivity index (χ1n) is 6.38. The second-order valence-corrected chi connectivity index (χ2v) is 5.08. The van der Waals surface area contributed by atoms with Gasteiger partial charge in [-0.25, -0.2) is 13.2 Å². The SMILES string of the molecule is CC(C)CNCc1ccc(N(C)CC(F)F)c(F)c1. The average molecular weight is 274 g/mol. The molecule has 2 nitrogen and oxygen atoms in total. The summed E-state index contributed by atoms with van der Waals surface area (Å²) in [6.45, 7) is 5.15. The Morgan fingerprint density at radius 3 is 2.47 bits per heavy atom. The second kappa shape index (κ2) is 7.38. The van der Waals surface area contributed by atoms with Gasteiger partial charge in [0.05, 0.1) is 12.2 Å². The van der Waals surface area contributed by atoms with Gasteiger partial charge in [-0.15, -0.1) is 0 Å². The van der Waals surface area contributed by atoms with Crippen molar-refractivity contribution in [3.05, 3.63) is 29.6 Å². The van der Waals surface area contributed by atoms with Gasteiger partial charge in [0.15, 0.2) is 0 Å². The van der Waals surface area contributed by atoms with Crippen molar-refractivity contribution in [3.8, 4) is 0 Å². The van der Waals surface area contributed by atoms with Crippen LogP contribution in [0.3, 0.4) is 0 Å². The van der Waals surface area contributed by atoms with E-state index in [-0.39, 0.29) is 5.69 Å². The van der Waals surface area contributed by atoms with Crippen LogP contribution in [0.1, 0.15) is 19.4 Å². The molecule has 0 aliphatic rings. The largest absolute Gasteiger partial charge is 0.367 e. The van der Waals surface area contributed by atoms with Crippen molar-refractivity contribution in [1.82, 2.24) is 5.32 Å². The summed E-state index contributed by atoms with van der Waals surface area (Å²) >= 11 is 0. The van der Waals surface area contributed by atoms with Crippen molar-refractivity contribution in [2.45, 2.75) is 26.8 Å². The smallest absolute Gasteiger partial charge is 0.255 e. The number of benzene rings is 1. The maximum Gasteiger partial charge on any atom is 0.255 e. The first kappa shape index (κ1) is 15.8. The lowest BCUT2D eigenvalue weighted by atomic mass is 10.1. The highest BCUT2D eigenvalue weighted by molar-refractivity contribution is 5.48. The van der Waals surface area contributed by atoms with Crippen LogP contribution in [0.15, 0.2) is 18.2 Å². The lowest BCUT2D eigenvalue weighted by Crippen LogP contribution is -2.25. The molecule has 0 aromatic heterocycles. The molecule has 19 heavy (non-hydrogen) atoms. The molecule has 108 valence electrons. The molecule has 0 saturated carbocycles. The monoisotopic (exact) mass is 274 g/mol. The fourth-order valence-corrected chi connectivity index (χ4v) is 1.78. The van der Waals surface area contributed by atoms with Crippen molar-refractivity contribution in [2.24, 2.45) is 5.92 Å². The van der Waals surface area contributed by atoms with E-state index in [1.165, 1.54) is 18.0 Å². The lowest BCUT2D eigenvalue weighted by Gasteiger charge is -2.19. The summed E-state index contributed by atoms with van der Waals surface area (Å²) in [7, 11) is 1.46. The highest BCUT2D eigenvalue weighted by atomic mass is 19.3. The maximum atomic E-state index is 13.8. The van der Waals surface area contributed by atoms with Crippen LogP contribution in [0, 0.1) is 11.7 Å².